The number of carbonyl (C=O) groups excluding carboxylic acids is 1. The summed E-state index contributed by atoms with van der Waals surface area (Å²) in [6.45, 7) is 0. The first-order valence-corrected chi connectivity index (χ1v) is 9.34. The quantitative estimate of drug-likeness (QED) is 0.633. The fraction of sp³-hybridized carbons (Fsp3) is 0.381. The summed E-state index contributed by atoms with van der Waals surface area (Å²) in [5, 5.41) is 30.9. The Kier molecular flexibility index (Phi) is 6.82. The standard InChI is InChI=1S/C21H23ClO6/c1-27-21-19(26)17(24)18(25)20(28-21)14-6-7-16(22)15(11-14)10-13-4-2-12(3-5-13)8-9-23/h2-7,9,11,17-21,24-26H,8,10H2,1H3/t17-,18+,19?,20-,21-/m0/s1. The molecule has 1 unspecified atom stereocenters. The van der Waals surface area contributed by atoms with Crippen LogP contribution < -0.4 is 0 Å². The molecule has 28 heavy (non-hydrogen) atoms. The monoisotopic (exact) mass is 406 g/mol. The SMILES string of the molecule is CO[C@H]1O[C@@H](c2ccc(Cl)c(Cc3ccc(CC=O)cc3)c2)[C@H](O)[C@H](O)C1O. The molecule has 150 valence electrons. The van der Waals surface area contributed by atoms with Crippen molar-refractivity contribution in [3.8, 4) is 0 Å². The van der Waals surface area contributed by atoms with Gasteiger partial charge >= 0.3 is 0 Å². The van der Waals surface area contributed by atoms with Crippen molar-refractivity contribution >= 4 is 17.9 Å². The highest BCUT2D eigenvalue weighted by Crippen LogP contribution is 2.34. The maximum atomic E-state index is 10.6. The van der Waals surface area contributed by atoms with Gasteiger partial charge in [-0.05, 0) is 34.7 Å². The van der Waals surface area contributed by atoms with Crippen LogP contribution in [0.5, 0.6) is 0 Å². The molecule has 0 saturated carbocycles. The third-order valence-electron chi connectivity index (χ3n) is 4.94. The number of methoxy groups -OCH3 is 1. The minimum atomic E-state index is -1.40. The fourth-order valence-corrected chi connectivity index (χ4v) is 3.52. The van der Waals surface area contributed by atoms with Crippen LogP contribution in [-0.4, -0.2) is 53.3 Å². The zero-order valence-electron chi connectivity index (χ0n) is 15.4. The van der Waals surface area contributed by atoms with E-state index in [1.807, 2.05) is 30.3 Å². The van der Waals surface area contributed by atoms with E-state index in [-0.39, 0.29) is 0 Å². The summed E-state index contributed by atoms with van der Waals surface area (Å²) < 4.78 is 10.7. The summed E-state index contributed by atoms with van der Waals surface area (Å²) in [6, 6.07) is 12.9. The van der Waals surface area contributed by atoms with E-state index in [9.17, 15) is 20.1 Å². The lowest BCUT2D eigenvalue weighted by Crippen LogP contribution is -2.54. The number of aldehydes is 1. The minimum absolute atomic E-state index is 0.377. The van der Waals surface area contributed by atoms with Gasteiger partial charge in [0, 0.05) is 18.6 Å². The molecule has 0 radical (unpaired) electrons. The summed E-state index contributed by atoms with van der Waals surface area (Å²) in [6.07, 6.45) is -4.16. The molecule has 6 nitrogen and oxygen atoms in total. The van der Waals surface area contributed by atoms with E-state index in [1.54, 1.807) is 12.1 Å². The van der Waals surface area contributed by atoms with Crippen molar-refractivity contribution in [3.63, 3.8) is 0 Å². The second-order valence-electron chi connectivity index (χ2n) is 6.85. The molecule has 1 heterocycles. The van der Waals surface area contributed by atoms with Gasteiger partial charge in [-0.2, -0.15) is 0 Å². The van der Waals surface area contributed by atoms with Crippen LogP contribution in [0.4, 0.5) is 0 Å². The first kappa shape index (κ1) is 20.9. The third kappa shape index (κ3) is 4.43. The molecule has 1 saturated heterocycles. The molecule has 2 aromatic carbocycles. The van der Waals surface area contributed by atoms with E-state index >= 15 is 0 Å². The first-order chi connectivity index (χ1) is 13.4. The lowest BCUT2D eigenvalue weighted by atomic mass is 9.92. The number of hydrogen-bond donors (Lipinski definition) is 3. The highest BCUT2D eigenvalue weighted by atomic mass is 35.5. The summed E-state index contributed by atoms with van der Waals surface area (Å²) in [4.78, 5) is 10.6. The van der Waals surface area contributed by atoms with Crippen LogP contribution in [0.15, 0.2) is 42.5 Å². The van der Waals surface area contributed by atoms with Gasteiger partial charge in [-0.1, -0.05) is 48.0 Å². The zero-order valence-corrected chi connectivity index (χ0v) is 16.1. The summed E-state index contributed by atoms with van der Waals surface area (Å²) >= 11 is 6.35. The van der Waals surface area contributed by atoms with Gasteiger partial charge in [0.2, 0.25) is 0 Å². The number of carbonyl (C=O) groups is 1. The van der Waals surface area contributed by atoms with Crippen molar-refractivity contribution in [2.24, 2.45) is 0 Å². The second kappa shape index (κ2) is 9.13. The molecule has 0 bridgehead atoms. The van der Waals surface area contributed by atoms with Crippen molar-refractivity contribution in [1.82, 2.24) is 0 Å². The van der Waals surface area contributed by atoms with Gasteiger partial charge in [-0.25, -0.2) is 0 Å². The highest BCUT2D eigenvalue weighted by Gasteiger charge is 2.44. The van der Waals surface area contributed by atoms with Crippen LogP contribution in [0.25, 0.3) is 0 Å². The Balaban J connectivity index is 1.83. The Morgan fingerprint density at radius 2 is 1.71 bits per heavy atom. The number of benzene rings is 2. The van der Waals surface area contributed by atoms with Gasteiger partial charge in [0.15, 0.2) is 6.29 Å². The Bertz CT molecular complexity index is 807. The van der Waals surface area contributed by atoms with Gasteiger partial charge in [0.1, 0.15) is 30.7 Å². The van der Waals surface area contributed by atoms with Crippen molar-refractivity contribution in [2.45, 2.75) is 43.5 Å². The average molecular weight is 407 g/mol. The zero-order chi connectivity index (χ0) is 20.3. The number of rotatable bonds is 6. The Morgan fingerprint density at radius 3 is 2.36 bits per heavy atom. The highest BCUT2D eigenvalue weighted by molar-refractivity contribution is 6.31. The second-order valence-corrected chi connectivity index (χ2v) is 7.25. The lowest BCUT2D eigenvalue weighted by Gasteiger charge is -2.40. The number of aliphatic hydroxyl groups excluding tert-OH is 3. The maximum Gasteiger partial charge on any atom is 0.186 e. The molecule has 7 heteroatoms. The van der Waals surface area contributed by atoms with E-state index < -0.39 is 30.7 Å². The Morgan fingerprint density at radius 1 is 1.04 bits per heavy atom. The molecule has 2 aromatic rings. The maximum absolute atomic E-state index is 10.6. The van der Waals surface area contributed by atoms with E-state index in [2.05, 4.69) is 0 Å². The number of ether oxygens (including phenoxy) is 2. The van der Waals surface area contributed by atoms with Crippen molar-refractivity contribution in [3.05, 3.63) is 69.7 Å². The van der Waals surface area contributed by atoms with Gasteiger partial charge in [0.25, 0.3) is 0 Å². The van der Waals surface area contributed by atoms with Crippen LogP contribution >= 0.6 is 11.6 Å². The molecule has 0 spiro atoms. The van der Waals surface area contributed by atoms with E-state index in [4.69, 9.17) is 21.1 Å². The Labute approximate surface area is 168 Å². The summed E-state index contributed by atoms with van der Waals surface area (Å²) in [5.41, 5.74) is 3.41. The lowest BCUT2D eigenvalue weighted by molar-refractivity contribution is -0.292. The van der Waals surface area contributed by atoms with Crippen LogP contribution in [0.3, 0.4) is 0 Å². The fourth-order valence-electron chi connectivity index (χ4n) is 3.33. The third-order valence-corrected chi connectivity index (χ3v) is 5.31. The molecule has 1 fully saturated rings. The van der Waals surface area contributed by atoms with Crippen molar-refractivity contribution in [2.75, 3.05) is 7.11 Å². The number of aliphatic hydroxyl groups is 3. The Hall–Kier alpha value is -1.80. The summed E-state index contributed by atoms with van der Waals surface area (Å²) in [5.74, 6) is 0. The molecule has 0 amide bonds. The molecule has 1 aliphatic heterocycles. The van der Waals surface area contributed by atoms with Crippen molar-refractivity contribution < 1.29 is 29.6 Å². The smallest absolute Gasteiger partial charge is 0.186 e. The van der Waals surface area contributed by atoms with Crippen LogP contribution in [0.2, 0.25) is 5.02 Å². The molecule has 1 aliphatic rings. The van der Waals surface area contributed by atoms with Crippen LogP contribution in [-0.2, 0) is 27.1 Å². The van der Waals surface area contributed by atoms with Crippen molar-refractivity contribution in [1.29, 1.82) is 0 Å². The van der Waals surface area contributed by atoms with Crippen LogP contribution in [0.1, 0.15) is 28.4 Å². The predicted molar refractivity (Wildman–Crippen MR) is 103 cm³/mol. The van der Waals surface area contributed by atoms with Gasteiger partial charge < -0.3 is 29.6 Å². The van der Waals surface area contributed by atoms with Crippen LogP contribution in [0, 0.1) is 0 Å². The molecule has 5 atom stereocenters. The molecule has 3 rings (SSSR count). The van der Waals surface area contributed by atoms with Gasteiger partial charge in [-0.3, -0.25) is 0 Å². The largest absolute Gasteiger partial charge is 0.387 e. The van der Waals surface area contributed by atoms with E-state index in [1.165, 1.54) is 7.11 Å². The molecular formula is C21H23ClO6. The predicted octanol–water partition coefficient (Wildman–Crippen LogP) is 1.80. The van der Waals surface area contributed by atoms with E-state index in [0.717, 1.165) is 23.0 Å². The molecule has 3 N–H and O–H groups in total. The first-order valence-electron chi connectivity index (χ1n) is 8.96. The number of halogens is 1. The topological polar surface area (TPSA) is 96.2 Å². The molecule has 0 aromatic heterocycles. The van der Waals surface area contributed by atoms with E-state index in [0.29, 0.717) is 23.4 Å². The number of hydrogen-bond acceptors (Lipinski definition) is 6. The molecule has 0 aliphatic carbocycles. The molecular weight excluding hydrogens is 384 g/mol. The van der Waals surface area contributed by atoms with Gasteiger partial charge in [0.05, 0.1) is 0 Å². The average Bonchev–Trinajstić information content (AvgIpc) is 2.70. The minimum Gasteiger partial charge on any atom is -0.387 e. The summed E-state index contributed by atoms with van der Waals surface area (Å²) in [7, 11) is 1.36. The van der Waals surface area contributed by atoms with Gasteiger partial charge in [-0.15, -0.1) is 0 Å². The normalized spacial score (nSPS) is 27.5.